The maximum Gasteiger partial charge on any atom is 0.407 e. The maximum atomic E-state index is 11.3. The SMILES string of the molecule is CC(=O)O.CC(C)(C)OC(=O)N[C@H]1CC[C@@H](O)C1. The summed E-state index contributed by atoms with van der Waals surface area (Å²) in [5, 5.41) is 19.4. The lowest BCUT2D eigenvalue weighted by molar-refractivity contribution is -0.134. The number of hydrogen-bond acceptors (Lipinski definition) is 4. The standard InChI is InChI=1S/C10H19NO3.C2H4O2/c1-10(2,3)14-9(13)11-7-4-5-8(12)6-7;1-2(3)4/h7-8,12H,4-6H2,1-3H3,(H,11,13);1H3,(H,3,4)/t7-,8+;/m0./s1. The Labute approximate surface area is 107 Å². The Hall–Kier alpha value is -1.30. The van der Waals surface area contributed by atoms with Gasteiger partial charge in [-0.3, -0.25) is 4.79 Å². The van der Waals surface area contributed by atoms with E-state index in [1.165, 1.54) is 0 Å². The van der Waals surface area contributed by atoms with E-state index in [2.05, 4.69) is 5.32 Å². The smallest absolute Gasteiger partial charge is 0.407 e. The van der Waals surface area contributed by atoms with Crippen LogP contribution in [0, 0.1) is 0 Å². The molecular weight excluding hydrogens is 238 g/mol. The number of carboxylic acid groups (broad SMARTS) is 1. The molecule has 1 fully saturated rings. The van der Waals surface area contributed by atoms with Gasteiger partial charge in [-0.05, 0) is 40.0 Å². The topological polar surface area (TPSA) is 95.9 Å². The lowest BCUT2D eigenvalue weighted by Crippen LogP contribution is -2.38. The van der Waals surface area contributed by atoms with Crippen molar-refractivity contribution in [1.29, 1.82) is 0 Å². The minimum atomic E-state index is -0.833. The zero-order chi connectivity index (χ0) is 14.3. The molecule has 1 rings (SSSR count). The molecule has 0 aromatic rings. The van der Waals surface area contributed by atoms with Crippen LogP contribution in [0.1, 0.15) is 47.0 Å². The van der Waals surface area contributed by atoms with E-state index in [0.717, 1.165) is 19.8 Å². The van der Waals surface area contributed by atoms with Gasteiger partial charge in [-0.15, -0.1) is 0 Å². The average molecular weight is 261 g/mol. The van der Waals surface area contributed by atoms with Crippen LogP contribution < -0.4 is 5.32 Å². The van der Waals surface area contributed by atoms with E-state index in [1.807, 2.05) is 20.8 Å². The molecule has 0 radical (unpaired) electrons. The molecule has 2 atom stereocenters. The fourth-order valence-corrected chi connectivity index (χ4v) is 1.56. The third-order valence-electron chi connectivity index (χ3n) is 2.13. The van der Waals surface area contributed by atoms with Gasteiger partial charge in [0.25, 0.3) is 5.97 Å². The number of amides is 1. The zero-order valence-corrected chi connectivity index (χ0v) is 11.4. The van der Waals surface area contributed by atoms with Crippen LogP contribution in [0.4, 0.5) is 4.79 Å². The summed E-state index contributed by atoms with van der Waals surface area (Å²) in [7, 11) is 0. The number of carboxylic acids is 1. The molecule has 6 heteroatoms. The van der Waals surface area contributed by atoms with Crippen molar-refractivity contribution in [3.63, 3.8) is 0 Å². The molecule has 18 heavy (non-hydrogen) atoms. The van der Waals surface area contributed by atoms with E-state index >= 15 is 0 Å². The number of ether oxygens (including phenoxy) is 1. The van der Waals surface area contributed by atoms with Crippen molar-refractivity contribution in [1.82, 2.24) is 5.32 Å². The largest absolute Gasteiger partial charge is 0.481 e. The van der Waals surface area contributed by atoms with Crippen molar-refractivity contribution in [3.05, 3.63) is 0 Å². The Bertz CT molecular complexity index is 281. The number of carbonyl (C=O) groups is 2. The van der Waals surface area contributed by atoms with E-state index in [0.29, 0.717) is 6.42 Å². The van der Waals surface area contributed by atoms with E-state index in [4.69, 9.17) is 14.6 Å². The van der Waals surface area contributed by atoms with Gasteiger partial charge in [-0.2, -0.15) is 0 Å². The second-order valence-electron chi connectivity index (χ2n) is 5.33. The third kappa shape index (κ3) is 9.89. The third-order valence-corrected chi connectivity index (χ3v) is 2.13. The summed E-state index contributed by atoms with van der Waals surface area (Å²) in [5.74, 6) is -0.833. The molecule has 0 saturated heterocycles. The van der Waals surface area contributed by atoms with Crippen LogP contribution >= 0.6 is 0 Å². The van der Waals surface area contributed by atoms with Crippen molar-refractivity contribution in [2.75, 3.05) is 0 Å². The lowest BCUT2D eigenvalue weighted by Gasteiger charge is -2.21. The Kier molecular flexibility index (Phi) is 6.68. The summed E-state index contributed by atoms with van der Waals surface area (Å²) in [4.78, 5) is 20.3. The monoisotopic (exact) mass is 261 g/mol. The van der Waals surface area contributed by atoms with Gasteiger partial charge in [0.05, 0.1) is 6.10 Å². The molecule has 0 aliphatic heterocycles. The molecule has 1 saturated carbocycles. The summed E-state index contributed by atoms with van der Waals surface area (Å²) < 4.78 is 5.10. The number of alkyl carbamates (subject to hydrolysis) is 1. The van der Waals surface area contributed by atoms with Crippen LogP contribution in [0.5, 0.6) is 0 Å². The van der Waals surface area contributed by atoms with Crippen molar-refractivity contribution in [2.45, 2.75) is 64.7 Å². The second-order valence-corrected chi connectivity index (χ2v) is 5.33. The first-order valence-electron chi connectivity index (χ1n) is 5.97. The predicted octanol–water partition coefficient (Wildman–Crippen LogP) is 1.52. The first-order chi connectivity index (χ1) is 8.10. The minimum absolute atomic E-state index is 0.0693. The molecule has 0 spiro atoms. The number of hydrogen-bond donors (Lipinski definition) is 3. The molecule has 0 aromatic carbocycles. The van der Waals surface area contributed by atoms with Crippen LogP contribution in [0.15, 0.2) is 0 Å². The molecule has 3 N–H and O–H groups in total. The van der Waals surface area contributed by atoms with Crippen LogP contribution in [0.25, 0.3) is 0 Å². The highest BCUT2D eigenvalue weighted by Gasteiger charge is 2.26. The fraction of sp³-hybridized carbons (Fsp3) is 0.833. The predicted molar refractivity (Wildman–Crippen MR) is 66.3 cm³/mol. The molecule has 1 aliphatic rings. The summed E-state index contributed by atoms with van der Waals surface area (Å²) in [6.07, 6.45) is 1.58. The van der Waals surface area contributed by atoms with E-state index in [1.54, 1.807) is 0 Å². The highest BCUT2D eigenvalue weighted by molar-refractivity contribution is 5.68. The average Bonchev–Trinajstić information content (AvgIpc) is 2.45. The Morgan fingerprint density at radius 3 is 2.11 bits per heavy atom. The summed E-state index contributed by atoms with van der Waals surface area (Å²) in [5.41, 5.74) is -0.457. The number of aliphatic hydroxyl groups excluding tert-OH is 1. The van der Waals surface area contributed by atoms with Crippen LogP contribution in [-0.2, 0) is 9.53 Å². The molecule has 0 unspecified atom stereocenters. The van der Waals surface area contributed by atoms with Crippen molar-refractivity contribution < 1.29 is 24.5 Å². The van der Waals surface area contributed by atoms with Crippen molar-refractivity contribution in [3.8, 4) is 0 Å². The van der Waals surface area contributed by atoms with Gasteiger partial charge in [0.15, 0.2) is 0 Å². The van der Waals surface area contributed by atoms with E-state index in [9.17, 15) is 9.90 Å². The van der Waals surface area contributed by atoms with Crippen molar-refractivity contribution in [2.24, 2.45) is 0 Å². The highest BCUT2D eigenvalue weighted by atomic mass is 16.6. The first-order valence-corrected chi connectivity index (χ1v) is 5.97. The van der Waals surface area contributed by atoms with E-state index in [-0.39, 0.29) is 12.1 Å². The number of nitrogens with one attached hydrogen (secondary N) is 1. The first kappa shape index (κ1) is 16.7. The van der Waals surface area contributed by atoms with Gasteiger partial charge in [0.2, 0.25) is 0 Å². The number of aliphatic carboxylic acids is 1. The lowest BCUT2D eigenvalue weighted by atomic mass is 10.2. The van der Waals surface area contributed by atoms with Gasteiger partial charge in [0.1, 0.15) is 5.60 Å². The van der Waals surface area contributed by atoms with Crippen LogP contribution in [0.2, 0.25) is 0 Å². The number of aliphatic hydroxyl groups is 1. The Morgan fingerprint density at radius 1 is 1.28 bits per heavy atom. The molecule has 0 bridgehead atoms. The van der Waals surface area contributed by atoms with Crippen LogP contribution in [-0.4, -0.2) is 40.0 Å². The number of carbonyl (C=O) groups excluding carboxylic acids is 1. The Balaban J connectivity index is 0.000000631. The molecule has 1 aliphatic carbocycles. The fourth-order valence-electron chi connectivity index (χ4n) is 1.56. The quantitative estimate of drug-likeness (QED) is 0.665. The second kappa shape index (κ2) is 7.20. The summed E-state index contributed by atoms with van der Waals surface area (Å²) >= 11 is 0. The molecule has 1 amide bonds. The van der Waals surface area contributed by atoms with Crippen molar-refractivity contribution >= 4 is 12.1 Å². The summed E-state index contributed by atoms with van der Waals surface area (Å²) in [6, 6.07) is 0.0693. The molecule has 6 nitrogen and oxygen atoms in total. The highest BCUT2D eigenvalue weighted by Crippen LogP contribution is 2.19. The van der Waals surface area contributed by atoms with Gasteiger partial charge >= 0.3 is 6.09 Å². The molecule has 0 heterocycles. The Morgan fingerprint density at radius 2 is 1.78 bits per heavy atom. The summed E-state index contributed by atoms with van der Waals surface area (Å²) in [6.45, 7) is 6.57. The maximum absolute atomic E-state index is 11.3. The number of rotatable bonds is 1. The minimum Gasteiger partial charge on any atom is -0.481 e. The van der Waals surface area contributed by atoms with Crippen LogP contribution in [0.3, 0.4) is 0 Å². The molecule has 106 valence electrons. The molecular formula is C12H23NO5. The normalized spacial score (nSPS) is 22.7. The molecule has 0 aromatic heterocycles. The van der Waals surface area contributed by atoms with Gasteiger partial charge in [-0.25, -0.2) is 4.79 Å². The van der Waals surface area contributed by atoms with Gasteiger partial charge in [-0.1, -0.05) is 0 Å². The van der Waals surface area contributed by atoms with Gasteiger partial charge in [0, 0.05) is 13.0 Å². The zero-order valence-electron chi connectivity index (χ0n) is 11.4. The van der Waals surface area contributed by atoms with E-state index < -0.39 is 17.7 Å². The van der Waals surface area contributed by atoms with Gasteiger partial charge < -0.3 is 20.3 Å².